The second-order valence-electron chi connectivity index (χ2n) is 6.71. The zero-order chi connectivity index (χ0) is 13.8. The zero-order valence-electron chi connectivity index (χ0n) is 12.8. The van der Waals surface area contributed by atoms with E-state index in [0.717, 1.165) is 6.54 Å². The lowest BCUT2D eigenvalue weighted by atomic mass is 9.90. The molecular weight excluding hydrogens is 244 g/mol. The van der Waals surface area contributed by atoms with Gasteiger partial charge in [0.25, 0.3) is 0 Å². The Labute approximate surface area is 123 Å². The molecule has 0 radical (unpaired) electrons. The Hall–Kier alpha value is -0.860. The standard InChI is InChI=1S/C18H28N2/c1-18(11-5-12-19-18)17-8-6-16(7-9-17)10-15-20-13-3-2-4-14-20/h6-9,19H,2-5,10-15H2,1H3. The molecule has 2 heteroatoms. The molecular formula is C18H28N2. The number of rotatable bonds is 4. The Morgan fingerprint density at radius 3 is 2.45 bits per heavy atom. The molecule has 1 N–H and O–H groups in total. The van der Waals surface area contributed by atoms with Gasteiger partial charge < -0.3 is 10.2 Å². The largest absolute Gasteiger partial charge is 0.308 e. The number of piperidine rings is 1. The summed E-state index contributed by atoms with van der Waals surface area (Å²) in [5.41, 5.74) is 3.16. The smallest absolute Gasteiger partial charge is 0.0406 e. The summed E-state index contributed by atoms with van der Waals surface area (Å²) in [5.74, 6) is 0. The van der Waals surface area contributed by atoms with Crippen molar-refractivity contribution in [1.82, 2.24) is 10.2 Å². The predicted molar refractivity (Wildman–Crippen MR) is 85.0 cm³/mol. The molecule has 0 aliphatic carbocycles. The van der Waals surface area contributed by atoms with Gasteiger partial charge in [-0.3, -0.25) is 0 Å². The molecule has 0 amide bonds. The summed E-state index contributed by atoms with van der Waals surface area (Å²) in [4.78, 5) is 2.62. The summed E-state index contributed by atoms with van der Waals surface area (Å²) in [5, 5.41) is 3.64. The monoisotopic (exact) mass is 272 g/mol. The van der Waals surface area contributed by atoms with Gasteiger partial charge in [-0.2, -0.15) is 0 Å². The molecule has 2 nitrogen and oxygen atoms in total. The molecule has 2 fully saturated rings. The number of hydrogen-bond donors (Lipinski definition) is 1. The maximum absolute atomic E-state index is 3.64. The highest BCUT2D eigenvalue weighted by Crippen LogP contribution is 2.30. The van der Waals surface area contributed by atoms with Gasteiger partial charge in [0.2, 0.25) is 0 Å². The molecule has 0 aromatic heterocycles. The van der Waals surface area contributed by atoms with Crippen molar-refractivity contribution in [2.45, 2.75) is 51.0 Å². The van der Waals surface area contributed by atoms with Crippen LogP contribution >= 0.6 is 0 Å². The van der Waals surface area contributed by atoms with Gasteiger partial charge in [-0.05, 0) is 69.8 Å². The van der Waals surface area contributed by atoms with Gasteiger partial charge >= 0.3 is 0 Å². The normalized spacial score (nSPS) is 27.9. The highest BCUT2D eigenvalue weighted by Gasteiger charge is 2.29. The number of benzene rings is 1. The predicted octanol–water partition coefficient (Wildman–Crippen LogP) is 3.31. The maximum atomic E-state index is 3.64. The van der Waals surface area contributed by atoms with Crippen molar-refractivity contribution in [3.8, 4) is 0 Å². The van der Waals surface area contributed by atoms with E-state index in [1.54, 1.807) is 0 Å². The number of nitrogens with one attached hydrogen (secondary N) is 1. The second-order valence-corrected chi connectivity index (χ2v) is 6.71. The van der Waals surface area contributed by atoms with Crippen molar-refractivity contribution in [3.63, 3.8) is 0 Å². The van der Waals surface area contributed by atoms with Gasteiger partial charge in [0.15, 0.2) is 0 Å². The lowest BCUT2D eigenvalue weighted by Crippen LogP contribution is -2.33. The molecule has 0 bridgehead atoms. The van der Waals surface area contributed by atoms with Crippen molar-refractivity contribution >= 4 is 0 Å². The van der Waals surface area contributed by atoms with Crippen LogP contribution in [0.5, 0.6) is 0 Å². The Balaban J connectivity index is 1.55. The van der Waals surface area contributed by atoms with Crippen molar-refractivity contribution in [3.05, 3.63) is 35.4 Å². The van der Waals surface area contributed by atoms with Crippen LogP contribution < -0.4 is 5.32 Å². The molecule has 0 spiro atoms. The lowest BCUT2D eigenvalue weighted by molar-refractivity contribution is 0.231. The first-order valence-corrected chi connectivity index (χ1v) is 8.33. The van der Waals surface area contributed by atoms with Crippen LogP contribution in [0.2, 0.25) is 0 Å². The zero-order valence-corrected chi connectivity index (χ0v) is 12.8. The maximum Gasteiger partial charge on any atom is 0.0406 e. The average molecular weight is 272 g/mol. The van der Waals surface area contributed by atoms with E-state index >= 15 is 0 Å². The Kier molecular flexibility index (Phi) is 4.42. The Morgan fingerprint density at radius 2 is 1.80 bits per heavy atom. The van der Waals surface area contributed by atoms with Gasteiger partial charge in [-0.25, -0.2) is 0 Å². The minimum absolute atomic E-state index is 0.214. The SMILES string of the molecule is CC1(c2ccc(CCN3CCCCC3)cc2)CCCN1. The second kappa shape index (κ2) is 6.28. The number of hydrogen-bond acceptors (Lipinski definition) is 2. The highest BCUT2D eigenvalue weighted by molar-refractivity contribution is 5.29. The summed E-state index contributed by atoms with van der Waals surface area (Å²) >= 11 is 0. The first kappa shape index (κ1) is 14.1. The summed E-state index contributed by atoms with van der Waals surface area (Å²) in [6, 6.07) is 9.35. The van der Waals surface area contributed by atoms with Crippen LogP contribution in [0.25, 0.3) is 0 Å². The minimum atomic E-state index is 0.214. The lowest BCUT2D eigenvalue weighted by Gasteiger charge is -2.27. The molecule has 2 aliphatic heterocycles. The molecule has 20 heavy (non-hydrogen) atoms. The van der Waals surface area contributed by atoms with E-state index in [0.29, 0.717) is 0 Å². The molecule has 2 saturated heterocycles. The first-order chi connectivity index (χ1) is 9.76. The van der Waals surface area contributed by atoms with E-state index in [4.69, 9.17) is 0 Å². The molecule has 1 unspecified atom stereocenters. The molecule has 1 aromatic rings. The third-order valence-electron chi connectivity index (χ3n) is 5.13. The summed E-state index contributed by atoms with van der Waals surface area (Å²) in [6.07, 6.45) is 7.97. The first-order valence-electron chi connectivity index (χ1n) is 8.33. The van der Waals surface area contributed by atoms with Crippen LogP contribution in [-0.4, -0.2) is 31.1 Å². The van der Waals surface area contributed by atoms with E-state index in [9.17, 15) is 0 Å². The summed E-state index contributed by atoms with van der Waals surface area (Å²) in [7, 11) is 0. The molecule has 1 aromatic carbocycles. The summed E-state index contributed by atoms with van der Waals surface area (Å²) < 4.78 is 0. The van der Waals surface area contributed by atoms with E-state index in [-0.39, 0.29) is 5.54 Å². The van der Waals surface area contributed by atoms with E-state index in [1.165, 1.54) is 69.3 Å². The van der Waals surface area contributed by atoms with Crippen molar-refractivity contribution in [2.75, 3.05) is 26.2 Å². The fourth-order valence-electron chi connectivity index (χ4n) is 3.65. The van der Waals surface area contributed by atoms with Crippen LogP contribution in [0.15, 0.2) is 24.3 Å². The highest BCUT2D eigenvalue weighted by atomic mass is 15.1. The van der Waals surface area contributed by atoms with E-state index in [1.807, 2.05) is 0 Å². The van der Waals surface area contributed by atoms with Gasteiger partial charge in [0, 0.05) is 12.1 Å². The Morgan fingerprint density at radius 1 is 1.05 bits per heavy atom. The van der Waals surface area contributed by atoms with Crippen LogP contribution in [0, 0.1) is 0 Å². The van der Waals surface area contributed by atoms with Crippen LogP contribution in [0.3, 0.4) is 0 Å². The van der Waals surface area contributed by atoms with Crippen LogP contribution in [0.1, 0.15) is 50.2 Å². The van der Waals surface area contributed by atoms with Crippen molar-refractivity contribution in [2.24, 2.45) is 0 Å². The van der Waals surface area contributed by atoms with Crippen LogP contribution in [0.4, 0.5) is 0 Å². The number of likely N-dealkylation sites (tertiary alicyclic amines) is 1. The third kappa shape index (κ3) is 3.24. The fraction of sp³-hybridized carbons (Fsp3) is 0.667. The van der Waals surface area contributed by atoms with Crippen molar-refractivity contribution < 1.29 is 0 Å². The minimum Gasteiger partial charge on any atom is -0.308 e. The molecule has 2 aliphatic rings. The quantitative estimate of drug-likeness (QED) is 0.904. The Bertz CT molecular complexity index is 412. The average Bonchev–Trinajstić information content (AvgIpc) is 2.95. The molecule has 110 valence electrons. The number of nitrogens with zero attached hydrogens (tertiary/aromatic N) is 1. The molecule has 0 saturated carbocycles. The van der Waals surface area contributed by atoms with Crippen LogP contribution in [-0.2, 0) is 12.0 Å². The summed E-state index contributed by atoms with van der Waals surface area (Å²) in [6.45, 7) is 7.34. The van der Waals surface area contributed by atoms with Gasteiger partial charge in [0.1, 0.15) is 0 Å². The third-order valence-corrected chi connectivity index (χ3v) is 5.13. The van der Waals surface area contributed by atoms with Gasteiger partial charge in [-0.15, -0.1) is 0 Å². The topological polar surface area (TPSA) is 15.3 Å². The van der Waals surface area contributed by atoms with E-state index < -0.39 is 0 Å². The van der Waals surface area contributed by atoms with E-state index in [2.05, 4.69) is 41.4 Å². The molecule has 3 rings (SSSR count). The van der Waals surface area contributed by atoms with Gasteiger partial charge in [-0.1, -0.05) is 30.7 Å². The van der Waals surface area contributed by atoms with Gasteiger partial charge in [0.05, 0.1) is 0 Å². The molecule has 2 heterocycles. The molecule has 1 atom stereocenters. The van der Waals surface area contributed by atoms with Crippen molar-refractivity contribution in [1.29, 1.82) is 0 Å². The fourth-order valence-corrected chi connectivity index (χ4v) is 3.65.